The predicted octanol–water partition coefficient (Wildman–Crippen LogP) is 3.12. The monoisotopic (exact) mass is 478 g/mol. The van der Waals surface area contributed by atoms with Crippen molar-refractivity contribution in [3.8, 4) is 0 Å². The van der Waals surface area contributed by atoms with Crippen molar-refractivity contribution in [1.29, 1.82) is 0 Å². The second-order valence-electron chi connectivity index (χ2n) is 7.90. The molecule has 1 aromatic carbocycles. The minimum atomic E-state index is -0.437. The lowest BCUT2D eigenvalue weighted by Gasteiger charge is -2.32. The number of carbonyl (C=O) groups excluding carboxylic acids is 3. The maximum atomic E-state index is 12.9. The number of aryl methyl sites for hydroxylation is 1. The molecule has 4 rings (SSSR count). The largest absolute Gasteiger partial charge is 0.348 e. The summed E-state index contributed by atoms with van der Waals surface area (Å²) in [5.74, 6) is -0.896. The molecule has 10 heteroatoms. The van der Waals surface area contributed by atoms with Gasteiger partial charge in [0.1, 0.15) is 5.15 Å². The Kier molecular flexibility index (Phi) is 7.12. The van der Waals surface area contributed by atoms with Crippen LogP contribution < -0.4 is 10.6 Å². The van der Waals surface area contributed by atoms with E-state index in [1.165, 1.54) is 18.6 Å². The van der Waals surface area contributed by atoms with E-state index in [2.05, 4.69) is 25.6 Å². The first-order valence-corrected chi connectivity index (χ1v) is 11.2. The third-order valence-electron chi connectivity index (χ3n) is 5.64. The summed E-state index contributed by atoms with van der Waals surface area (Å²) in [4.78, 5) is 52.2. The van der Waals surface area contributed by atoms with E-state index in [4.69, 9.17) is 11.6 Å². The Morgan fingerprint density at radius 3 is 2.35 bits per heavy atom. The number of hydrogen-bond acceptors (Lipinski definition) is 6. The van der Waals surface area contributed by atoms with Gasteiger partial charge < -0.3 is 15.5 Å². The quantitative estimate of drug-likeness (QED) is 0.544. The van der Waals surface area contributed by atoms with E-state index in [1.807, 2.05) is 19.1 Å². The number of hydrogen-bond donors (Lipinski definition) is 2. The van der Waals surface area contributed by atoms with Gasteiger partial charge in [-0.1, -0.05) is 29.8 Å². The van der Waals surface area contributed by atoms with Crippen LogP contribution in [0.3, 0.4) is 0 Å². The molecule has 0 spiro atoms. The summed E-state index contributed by atoms with van der Waals surface area (Å²) in [6.45, 7) is 2.76. The molecule has 9 nitrogen and oxygen atoms in total. The minimum Gasteiger partial charge on any atom is -0.348 e. The molecular formula is C24H23ClN6O3. The molecule has 3 amide bonds. The predicted molar refractivity (Wildman–Crippen MR) is 127 cm³/mol. The van der Waals surface area contributed by atoms with Gasteiger partial charge in [0, 0.05) is 43.3 Å². The Labute approximate surface area is 201 Å². The molecule has 2 N–H and O–H groups in total. The summed E-state index contributed by atoms with van der Waals surface area (Å²) in [5, 5.41) is 5.80. The number of likely N-dealkylation sites (tertiary alicyclic amines) is 1. The fourth-order valence-corrected chi connectivity index (χ4v) is 3.99. The van der Waals surface area contributed by atoms with Crippen LogP contribution in [0.25, 0.3) is 0 Å². The molecular weight excluding hydrogens is 456 g/mol. The van der Waals surface area contributed by atoms with E-state index in [0.717, 1.165) is 5.56 Å². The highest BCUT2D eigenvalue weighted by Crippen LogP contribution is 2.19. The van der Waals surface area contributed by atoms with E-state index in [1.54, 1.807) is 29.2 Å². The zero-order chi connectivity index (χ0) is 24.1. The Balaban J connectivity index is 1.38. The minimum absolute atomic E-state index is 0.0325. The average molecular weight is 479 g/mol. The highest BCUT2D eigenvalue weighted by Gasteiger charge is 2.27. The van der Waals surface area contributed by atoms with Gasteiger partial charge in [-0.25, -0.2) is 15.0 Å². The summed E-state index contributed by atoms with van der Waals surface area (Å²) < 4.78 is 0. The molecule has 1 fully saturated rings. The molecule has 0 unspecified atom stereocenters. The maximum absolute atomic E-state index is 12.9. The van der Waals surface area contributed by atoms with Crippen molar-refractivity contribution in [2.45, 2.75) is 25.8 Å². The Morgan fingerprint density at radius 1 is 0.912 bits per heavy atom. The molecule has 1 aliphatic rings. The normalized spacial score (nSPS) is 13.9. The van der Waals surface area contributed by atoms with Crippen LogP contribution in [0.4, 0.5) is 5.82 Å². The van der Waals surface area contributed by atoms with Crippen molar-refractivity contribution in [2.75, 3.05) is 18.4 Å². The highest BCUT2D eigenvalue weighted by molar-refractivity contribution is 6.32. The third-order valence-corrected chi connectivity index (χ3v) is 5.94. The number of pyridine rings is 1. The van der Waals surface area contributed by atoms with Crippen LogP contribution in [0.1, 0.15) is 49.6 Å². The van der Waals surface area contributed by atoms with Crippen LogP contribution in [0.15, 0.2) is 55.0 Å². The van der Waals surface area contributed by atoms with Gasteiger partial charge in [-0.05, 0) is 43.5 Å². The van der Waals surface area contributed by atoms with Crippen LogP contribution in [-0.2, 0) is 0 Å². The van der Waals surface area contributed by atoms with Crippen molar-refractivity contribution < 1.29 is 14.4 Å². The second kappa shape index (κ2) is 10.4. The number of halogens is 1. The molecule has 3 aromatic rings. The van der Waals surface area contributed by atoms with E-state index in [-0.39, 0.29) is 34.5 Å². The van der Waals surface area contributed by atoms with Crippen LogP contribution in [0.5, 0.6) is 0 Å². The molecule has 0 aliphatic carbocycles. The van der Waals surface area contributed by atoms with Crippen molar-refractivity contribution in [3.63, 3.8) is 0 Å². The van der Waals surface area contributed by atoms with Gasteiger partial charge in [-0.3, -0.25) is 14.4 Å². The van der Waals surface area contributed by atoms with Crippen molar-refractivity contribution in [3.05, 3.63) is 82.5 Å². The number of nitrogens with one attached hydrogen (secondary N) is 2. The Morgan fingerprint density at radius 2 is 1.62 bits per heavy atom. The standard InChI is InChI=1S/C24H23ClN6O3/c1-15-5-2-3-6-17(15)22(32)30-21-19(26-11-12-28-21)23(33)29-16-8-13-31(14-9-16)24(34)18-7-4-10-27-20(18)25/h2-7,10-12,16H,8-9,13-14H2,1H3,(H,29,33)(H,28,30,32). The van der Waals surface area contributed by atoms with E-state index in [9.17, 15) is 14.4 Å². The van der Waals surface area contributed by atoms with Crippen molar-refractivity contribution >= 4 is 35.1 Å². The number of carbonyl (C=O) groups is 3. The van der Waals surface area contributed by atoms with Crippen LogP contribution in [0, 0.1) is 6.92 Å². The summed E-state index contributed by atoms with van der Waals surface area (Å²) in [7, 11) is 0. The number of benzene rings is 1. The molecule has 0 atom stereocenters. The molecule has 0 bridgehead atoms. The lowest BCUT2D eigenvalue weighted by atomic mass is 10.0. The first kappa shape index (κ1) is 23.3. The Bertz CT molecular complexity index is 1230. The summed E-state index contributed by atoms with van der Waals surface area (Å²) >= 11 is 6.04. The van der Waals surface area contributed by atoms with Crippen molar-refractivity contribution in [1.82, 2.24) is 25.2 Å². The number of nitrogens with zero attached hydrogens (tertiary/aromatic N) is 4. The van der Waals surface area contributed by atoms with Gasteiger partial charge in [0.25, 0.3) is 17.7 Å². The number of piperidine rings is 1. The van der Waals surface area contributed by atoms with Gasteiger partial charge in [0.15, 0.2) is 11.5 Å². The second-order valence-corrected chi connectivity index (χ2v) is 8.26. The number of amides is 3. The number of rotatable bonds is 5. The lowest BCUT2D eigenvalue weighted by molar-refractivity contribution is 0.0697. The fourth-order valence-electron chi connectivity index (χ4n) is 3.79. The molecule has 0 radical (unpaired) electrons. The molecule has 174 valence electrons. The Hall–Kier alpha value is -3.85. The van der Waals surface area contributed by atoms with Crippen molar-refractivity contribution in [2.24, 2.45) is 0 Å². The maximum Gasteiger partial charge on any atom is 0.273 e. The first-order valence-electron chi connectivity index (χ1n) is 10.8. The average Bonchev–Trinajstić information content (AvgIpc) is 2.85. The van der Waals surface area contributed by atoms with Gasteiger partial charge in [0.05, 0.1) is 5.56 Å². The van der Waals surface area contributed by atoms with Crippen LogP contribution >= 0.6 is 11.6 Å². The number of anilines is 1. The van der Waals surface area contributed by atoms with Gasteiger partial charge in [-0.2, -0.15) is 0 Å². The lowest BCUT2D eigenvalue weighted by Crippen LogP contribution is -2.46. The SMILES string of the molecule is Cc1ccccc1C(=O)Nc1nccnc1C(=O)NC1CCN(C(=O)c2cccnc2Cl)CC1. The summed E-state index contributed by atoms with van der Waals surface area (Å²) in [6.07, 6.45) is 5.49. The fraction of sp³-hybridized carbons (Fsp3) is 0.250. The summed E-state index contributed by atoms with van der Waals surface area (Å²) in [6, 6.07) is 10.3. The molecule has 2 aromatic heterocycles. The molecule has 34 heavy (non-hydrogen) atoms. The van der Waals surface area contributed by atoms with E-state index in [0.29, 0.717) is 37.1 Å². The first-order chi connectivity index (χ1) is 16.4. The van der Waals surface area contributed by atoms with Gasteiger partial charge in [-0.15, -0.1) is 0 Å². The smallest absolute Gasteiger partial charge is 0.273 e. The molecule has 0 saturated carbocycles. The number of aromatic nitrogens is 3. The van der Waals surface area contributed by atoms with Gasteiger partial charge in [0.2, 0.25) is 0 Å². The topological polar surface area (TPSA) is 117 Å². The van der Waals surface area contributed by atoms with E-state index >= 15 is 0 Å². The van der Waals surface area contributed by atoms with Crippen LogP contribution in [0.2, 0.25) is 5.15 Å². The molecule has 3 heterocycles. The molecule has 1 aliphatic heterocycles. The van der Waals surface area contributed by atoms with E-state index < -0.39 is 5.91 Å². The zero-order valence-electron chi connectivity index (χ0n) is 18.5. The van der Waals surface area contributed by atoms with Crippen LogP contribution in [-0.4, -0.2) is 56.7 Å². The third kappa shape index (κ3) is 5.20. The summed E-state index contributed by atoms with van der Waals surface area (Å²) in [5.41, 5.74) is 1.69. The highest BCUT2D eigenvalue weighted by atomic mass is 35.5. The molecule has 1 saturated heterocycles. The van der Waals surface area contributed by atoms with Gasteiger partial charge >= 0.3 is 0 Å². The zero-order valence-corrected chi connectivity index (χ0v) is 19.2.